The molecular formula is C43H28N6. The number of benzene rings is 6. The fourth-order valence-corrected chi connectivity index (χ4v) is 7.15. The Balaban J connectivity index is 1.33. The van der Waals surface area contributed by atoms with Crippen LogP contribution in [0.4, 0.5) is 0 Å². The molecule has 0 bridgehead atoms. The van der Waals surface area contributed by atoms with Gasteiger partial charge in [0.2, 0.25) is 0 Å². The Bertz CT molecular complexity index is 2640. The lowest BCUT2D eigenvalue weighted by Gasteiger charge is -2.15. The molecule has 0 atom stereocenters. The summed E-state index contributed by atoms with van der Waals surface area (Å²) in [7, 11) is 0. The molecule has 4 heterocycles. The van der Waals surface area contributed by atoms with E-state index < -0.39 is 0 Å². The van der Waals surface area contributed by atoms with Crippen molar-refractivity contribution in [2.24, 2.45) is 0 Å². The first-order chi connectivity index (χ1) is 24.3. The van der Waals surface area contributed by atoms with Gasteiger partial charge in [-0.2, -0.15) is 0 Å². The van der Waals surface area contributed by atoms with Gasteiger partial charge in [-0.15, -0.1) is 0 Å². The number of hydrogen-bond donors (Lipinski definition) is 0. The van der Waals surface area contributed by atoms with Crippen LogP contribution in [0.15, 0.2) is 170 Å². The molecule has 0 aliphatic heterocycles. The molecule has 6 heteroatoms. The standard InChI is InChI=1S/C43H28N6/c1-3-15-29(16-4-1)48-40-25-13-9-21-34(40)45-42(48)36-27-31(47-38-23-11-7-19-32(38)33-20-8-12-24-39(33)47)28-37(44-36)43-46-35-22-10-14-26-41(35)49(43)30-17-5-2-6-18-30/h1-28H. The fraction of sp³-hybridized carbons (Fsp3) is 0. The fourth-order valence-electron chi connectivity index (χ4n) is 7.15. The third-order valence-corrected chi connectivity index (χ3v) is 9.26. The molecule has 10 rings (SSSR count). The summed E-state index contributed by atoms with van der Waals surface area (Å²) in [6.07, 6.45) is 0. The zero-order chi connectivity index (χ0) is 32.3. The molecule has 0 saturated carbocycles. The van der Waals surface area contributed by atoms with Gasteiger partial charge in [-0.3, -0.25) is 9.13 Å². The second-order valence-electron chi connectivity index (χ2n) is 12.2. The number of aromatic nitrogens is 6. The van der Waals surface area contributed by atoms with Crippen LogP contribution in [0.3, 0.4) is 0 Å². The molecule has 6 aromatic carbocycles. The summed E-state index contributed by atoms with van der Waals surface area (Å²) < 4.78 is 6.75. The van der Waals surface area contributed by atoms with Gasteiger partial charge in [0.25, 0.3) is 0 Å². The largest absolute Gasteiger partial charge is 0.309 e. The number of hydrogen-bond acceptors (Lipinski definition) is 3. The molecular weight excluding hydrogens is 601 g/mol. The lowest BCUT2D eigenvalue weighted by Crippen LogP contribution is -2.04. The van der Waals surface area contributed by atoms with E-state index in [2.05, 4.69) is 159 Å². The third-order valence-electron chi connectivity index (χ3n) is 9.26. The van der Waals surface area contributed by atoms with Gasteiger partial charge in [-0.05, 0) is 72.8 Å². The monoisotopic (exact) mass is 628 g/mol. The Morgan fingerprint density at radius 1 is 0.306 bits per heavy atom. The summed E-state index contributed by atoms with van der Waals surface area (Å²) in [5.41, 5.74) is 10.6. The second kappa shape index (κ2) is 10.9. The van der Waals surface area contributed by atoms with E-state index in [9.17, 15) is 0 Å². The zero-order valence-electron chi connectivity index (χ0n) is 26.3. The van der Waals surface area contributed by atoms with Crippen molar-refractivity contribution in [2.45, 2.75) is 0 Å². The molecule has 0 amide bonds. The van der Waals surface area contributed by atoms with Gasteiger partial charge < -0.3 is 4.57 Å². The molecule has 6 nitrogen and oxygen atoms in total. The molecule has 4 aromatic heterocycles. The van der Waals surface area contributed by atoms with Crippen LogP contribution in [-0.2, 0) is 0 Å². The number of para-hydroxylation sites is 8. The molecule has 10 aromatic rings. The van der Waals surface area contributed by atoms with E-state index in [0.29, 0.717) is 0 Å². The maximum absolute atomic E-state index is 5.43. The maximum atomic E-state index is 5.43. The number of fused-ring (bicyclic) bond motifs is 5. The highest BCUT2D eigenvalue weighted by Crippen LogP contribution is 2.37. The zero-order valence-corrected chi connectivity index (χ0v) is 26.3. The van der Waals surface area contributed by atoms with Crippen LogP contribution >= 0.6 is 0 Å². The Kier molecular flexibility index (Phi) is 6.08. The minimum Gasteiger partial charge on any atom is -0.309 e. The van der Waals surface area contributed by atoms with Crippen LogP contribution in [0.1, 0.15) is 0 Å². The summed E-state index contributed by atoms with van der Waals surface area (Å²) in [6, 6.07) is 58.8. The van der Waals surface area contributed by atoms with Gasteiger partial charge in [0.15, 0.2) is 11.6 Å². The van der Waals surface area contributed by atoms with Crippen LogP contribution in [-0.4, -0.2) is 28.7 Å². The van der Waals surface area contributed by atoms with E-state index in [0.717, 1.165) is 73.2 Å². The summed E-state index contributed by atoms with van der Waals surface area (Å²) in [4.78, 5) is 15.9. The first kappa shape index (κ1) is 27.3. The quantitative estimate of drug-likeness (QED) is 0.191. The molecule has 0 spiro atoms. The Hall–Kier alpha value is -6.79. The topological polar surface area (TPSA) is 53.5 Å². The van der Waals surface area contributed by atoms with Crippen molar-refractivity contribution in [3.8, 4) is 40.1 Å². The normalized spacial score (nSPS) is 11.7. The highest BCUT2D eigenvalue weighted by Gasteiger charge is 2.22. The van der Waals surface area contributed by atoms with E-state index in [1.165, 1.54) is 10.8 Å². The molecule has 0 aliphatic carbocycles. The van der Waals surface area contributed by atoms with E-state index >= 15 is 0 Å². The SMILES string of the molecule is c1ccc(-n2c(-c3cc(-n4c5ccccc5c5ccccc54)cc(-c4nc5ccccc5n4-c4ccccc4)n3)nc3ccccc32)cc1. The molecule has 0 N–H and O–H groups in total. The lowest BCUT2D eigenvalue weighted by atomic mass is 10.2. The van der Waals surface area contributed by atoms with Crippen LogP contribution in [0, 0.1) is 0 Å². The minimum absolute atomic E-state index is 0.751. The van der Waals surface area contributed by atoms with Gasteiger partial charge in [0, 0.05) is 22.1 Å². The first-order valence-corrected chi connectivity index (χ1v) is 16.4. The maximum Gasteiger partial charge on any atom is 0.164 e. The van der Waals surface area contributed by atoms with Crippen LogP contribution in [0.25, 0.3) is 84.0 Å². The van der Waals surface area contributed by atoms with Gasteiger partial charge in [0.1, 0.15) is 11.4 Å². The minimum atomic E-state index is 0.751. The molecule has 0 aliphatic rings. The highest BCUT2D eigenvalue weighted by molar-refractivity contribution is 6.09. The van der Waals surface area contributed by atoms with Crippen LogP contribution in [0.5, 0.6) is 0 Å². The molecule has 230 valence electrons. The van der Waals surface area contributed by atoms with E-state index in [4.69, 9.17) is 15.0 Å². The van der Waals surface area contributed by atoms with Gasteiger partial charge in [-0.1, -0.05) is 97.1 Å². The van der Waals surface area contributed by atoms with Crippen molar-refractivity contribution in [1.82, 2.24) is 28.7 Å². The van der Waals surface area contributed by atoms with Crippen molar-refractivity contribution < 1.29 is 0 Å². The highest BCUT2D eigenvalue weighted by atomic mass is 15.1. The van der Waals surface area contributed by atoms with Gasteiger partial charge in [-0.25, -0.2) is 15.0 Å². The molecule has 0 saturated heterocycles. The van der Waals surface area contributed by atoms with Crippen molar-refractivity contribution in [3.05, 3.63) is 170 Å². The van der Waals surface area contributed by atoms with Crippen molar-refractivity contribution in [1.29, 1.82) is 0 Å². The predicted molar refractivity (Wildman–Crippen MR) is 199 cm³/mol. The number of pyridine rings is 1. The predicted octanol–water partition coefficient (Wildman–Crippen LogP) is 10.2. The Morgan fingerprint density at radius 2 is 0.694 bits per heavy atom. The number of nitrogens with zero attached hydrogens (tertiary/aromatic N) is 6. The van der Waals surface area contributed by atoms with E-state index in [1.54, 1.807) is 0 Å². The van der Waals surface area contributed by atoms with Crippen molar-refractivity contribution in [3.63, 3.8) is 0 Å². The average Bonchev–Trinajstić information content (AvgIpc) is 3.86. The summed E-state index contributed by atoms with van der Waals surface area (Å²) in [5, 5.41) is 2.40. The smallest absolute Gasteiger partial charge is 0.164 e. The second-order valence-corrected chi connectivity index (χ2v) is 12.2. The third kappa shape index (κ3) is 4.31. The van der Waals surface area contributed by atoms with Gasteiger partial charge >= 0.3 is 0 Å². The van der Waals surface area contributed by atoms with E-state index in [-0.39, 0.29) is 0 Å². The first-order valence-electron chi connectivity index (χ1n) is 16.4. The summed E-state index contributed by atoms with van der Waals surface area (Å²) >= 11 is 0. The molecule has 49 heavy (non-hydrogen) atoms. The summed E-state index contributed by atoms with van der Waals surface area (Å²) in [6.45, 7) is 0. The summed E-state index contributed by atoms with van der Waals surface area (Å²) in [5.74, 6) is 1.53. The molecule has 0 fully saturated rings. The average molecular weight is 629 g/mol. The van der Waals surface area contributed by atoms with Crippen molar-refractivity contribution in [2.75, 3.05) is 0 Å². The number of imidazole rings is 2. The molecule has 0 unspecified atom stereocenters. The molecule has 0 radical (unpaired) electrons. The van der Waals surface area contributed by atoms with Crippen LogP contribution < -0.4 is 0 Å². The Labute approximate surface area is 281 Å². The number of rotatable bonds is 5. The van der Waals surface area contributed by atoms with Gasteiger partial charge in [0.05, 0.1) is 38.8 Å². The van der Waals surface area contributed by atoms with E-state index in [1.807, 2.05) is 24.3 Å². The lowest BCUT2D eigenvalue weighted by molar-refractivity contribution is 1.05. The Morgan fingerprint density at radius 3 is 1.16 bits per heavy atom. The van der Waals surface area contributed by atoms with Crippen LogP contribution in [0.2, 0.25) is 0 Å². The van der Waals surface area contributed by atoms with Crippen molar-refractivity contribution >= 4 is 43.9 Å².